The lowest BCUT2D eigenvalue weighted by Gasteiger charge is -2.21. The summed E-state index contributed by atoms with van der Waals surface area (Å²) < 4.78 is 10.7. The summed E-state index contributed by atoms with van der Waals surface area (Å²) in [6, 6.07) is 10.6. The minimum atomic E-state index is -0.0938. The molecule has 0 bridgehead atoms. The van der Waals surface area contributed by atoms with Crippen LogP contribution in [-0.2, 0) is 6.54 Å². The first-order valence-corrected chi connectivity index (χ1v) is 7.97. The van der Waals surface area contributed by atoms with E-state index in [1.807, 2.05) is 25.1 Å². The fourth-order valence-corrected chi connectivity index (χ4v) is 2.70. The Bertz CT molecular complexity index is 749. The van der Waals surface area contributed by atoms with Crippen molar-refractivity contribution in [3.8, 4) is 11.5 Å². The number of amides is 1. The smallest absolute Gasteiger partial charge is 0.254 e. The predicted octanol–water partition coefficient (Wildman–Crippen LogP) is 4.38. The molecule has 1 amide bonds. The highest BCUT2D eigenvalue weighted by atomic mass is 35.5. The Hall–Kier alpha value is -1.91. The number of carbonyl (C=O) groups excluding carboxylic acids is 1. The van der Waals surface area contributed by atoms with Crippen molar-refractivity contribution in [3.05, 3.63) is 57.6 Å². The van der Waals surface area contributed by atoms with Crippen LogP contribution in [0.2, 0.25) is 10.0 Å². The van der Waals surface area contributed by atoms with Crippen LogP contribution in [0, 0.1) is 0 Å². The van der Waals surface area contributed by atoms with Crippen LogP contribution in [0.1, 0.15) is 22.8 Å². The van der Waals surface area contributed by atoms with Crippen molar-refractivity contribution >= 4 is 29.1 Å². The fourth-order valence-electron chi connectivity index (χ4n) is 2.40. The first-order valence-electron chi connectivity index (χ1n) is 7.21. The standard InChI is InChI=1S/C17H15Cl2NO3/c1-2-20(17(21)12-4-5-13(18)14(19)8-12)9-11-3-6-15-16(7-11)23-10-22-15/h3-8H,2,9-10H2,1H3. The number of fused-ring (bicyclic) bond motifs is 1. The number of rotatable bonds is 4. The monoisotopic (exact) mass is 351 g/mol. The van der Waals surface area contributed by atoms with Crippen LogP contribution < -0.4 is 9.47 Å². The van der Waals surface area contributed by atoms with E-state index in [1.54, 1.807) is 23.1 Å². The molecule has 1 heterocycles. The van der Waals surface area contributed by atoms with Gasteiger partial charge in [0.1, 0.15) is 0 Å². The minimum Gasteiger partial charge on any atom is -0.454 e. The maximum absolute atomic E-state index is 12.6. The molecule has 1 aliphatic rings. The summed E-state index contributed by atoms with van der Waals surface area (Å²) in [7, 11) is 0. The third-order valence-corrected chi connectivity index (χ3v) is 4.38. The first kappa shape index (κ1) is 16.0. The molecule has 6 heteroatoms. The van der Waals surface area contributed by atoms with Gasteiger partial charge in [0.2, 0.25) is 6.79 Å². The van der Waals surface area contributed by atoms with Gasteiger partial charge in [-0.3, -0.25) is 4.79 Å². The Kier molecular flexibility index (Phi) is 4.64. The van der Waals surface area contributed by atoms with E-state index in [0.717, 1.165) is 11.3 Å². The Balaban J connectivity index is 1.79. The van der Waals surface area contributed by atoms with Crippen LogP contribution in [0.3, 0.4) is 0 Å². The van der Waals surface area contributed by atoms with Crippen molar-refractivity contribution < 1.29 is 14.3 Å². The van der Waals surface area contributed by atoms with E-state index in [2.05, 4.69) is 0 Å². The summed E-state index contributed by atoms with van der Waals surface area (Å²) in [5.41, 5.74) is 1.49. The van der Waals surface area contributed by atoms with Crippen molar-refractivity contribution in [2.45, 2.75) is 13.5 Å². The maximum atomic E-state index is 12.6. The SMILES string of the molecule is CCN(Cc1ccc2c(c1)OCO2)C(=O)c1ccc(Cl)c(Cl)c1. The van der Waals surface area contributed by atoms with Gasteiger partial charge in [0.25, 0.3) is 5.91 Å². The van der Waals surface area contributed by atoms with Gasteiger partial charge in [-0.2, -0.15) is 0 Å². The lowest BCUT2D eigenvalue weighted by atomic mass is 10.1. The number of nitrogens with zero attached hydrogens (tertiary/aromatic N) is 1. The third-order valence-electron chi connectivity index (χ3n) is 3.65. The van der Waals surface area contributed by atoms with E-state index in [1.165, 1.54) is 0 Å². The normalized spacial score (nSPS) is 12.3. The molecule has 4 nitrogen and oxygen atoms in total. The van der Waals surface area contributed by atoms with Crippen LogP contribution in [-0.4, -0.2) is 24.1 Å². The van der Waals surface area contributed by atoms with Crippen molar-refractivity contribution in [3.63, 3.8) is 0 Å². The van der Waals surface area contributed by atoms with E-state index in [9.17, 15) is 4.79 Å². The summed E-state index contributed by atoms with van der Waals surface area (Å²) in [5.74, 6) is 1.34. The average molecular weight is 352 g/mol. The van der Waals surface area contributed by atoms with Gasteiger partial charge in [-0.25, -0.2) is 0 Å². The Morgan fingerprint density at radius 3 is 2.61 bits per heavy atom. The molecule has 0 saturated heterocycles. The van der Waals surface area contributed by atoms with Crippen molar-refractivity contribution in [1.29, 1.82) is 0 Å². The number of hydrogen-bond donors (Lipinski definition) is 0. The van der Waals surface area contributed by atoms with Gasteiger partial charge in [-0.1, -0.05) is 29.3 Å². The summed E-state index contributed by atoms with van der Waals surface area (Å²) in [4.78, 5) is 14.4. The molecule has 0 unspecified atom stereocenters. The largest absolute Gasteiger partial charge is 0.454 e. The molecule has 23 heavy (non-hydrogen) atoms. The second-order valence-corrected chi connectivity index (χ2v) is 5.95. The van der Waals surface area contributed by atoms with Gasteiger partial charge in [-0.05, 0) is 42.8 Å². The Morgan fingerprint density at radius 2 is 1.87 bits per heavy atom. The van der Waals surface area contributed by atoms with Crippen LogP contribution in [0.25, 0.3) is 0 Å². The van der Waals surface area contributed by atoms with Crippen LogP contribution in [0.4, 0.5) is 0 Å². The zero-order valence-electron chi connectivity index (χ0n) is 12.5. The second kappa shape index (κ2) is 6.69. The first-order chi connectivity index (χ1) is 11.1. The van der Waals surface area contributed by atoms with Crippen LogP contribution in [0.15, 0.2) is 36.4 Å². The van der Waals surface area contributed by atoms with Crippen LogP contribution in [0.5, 0.6) is 11.5 Å². The molecule has 3 rings (SSSR count). The molecule has 2 aromatic rings. The van der Waals surface area contributed by atoms with Gasteiger partial charge in [0.05, 0.1) is 10.0 Å². The number of hydrogen-bond acceptors (Lipinski definition) is 3. The van der Waals surface area contributed by atoms with Gasteiger partial charge in [0, 0.05) is 18.7 Å². The number of ether oxygens (including phenoxy) is 2. The van der Waals surface area contributed by atoms with Crippen molar-refractivity contribution in [1.82, 2.24) is 4.90 Å². The van der Waals surface area contributed by atoms with Crippen molar-refractivity contribution in [2.75, 3.05) is 13.3 Å². The summed E-state index contributed by atoms with van der Waals surface area (Å²) in [6.07, 6.45) is 0. The summed E-state index contributed by atoms with van der Waals surface area (Å²) in [5, 5.41) is 0.804. The highest BCUT2D eigenvalue weighted by Crippen LogP contribution is 2.33. The molecule has 0 spiro atoms. The van der Waals surface area contributed by atoms with E-state index >= 15 is 0 Å². The molecule has 0 N–H and O–H groups in total. The predicted molar refractivity (Wildman–Crippen MR) is 89.4 cm³/mol. The second-order valence-electron chi connectivity index (χ2n) is 5.14. The maximum Gasteiger partial charge on any atom is 0.254 e. The summed E-state index contributed by atoms with van der Waals surface area (Å²) >= 11 is 11.9. The quantitative estimate of drug-likeness (QED) is 0.820. The molecule has 0 atom stereocenters. The van der Waals surface area contributed by atoms with Gasteiger partial charge in [0.15, 0.2) is 11.5 Å². The van der Waals surface area contributed by atoms with Crippen LogP contribution >= 0.6 is 23.2 Å². The molecule has 0 radical (unpaired) electrons. The molecular weight excluding hydrogens is 337 g/mol. The highest BCUT2D eigenvalue weighted by molar-refractivity contribution is 6.42. The number of halogens is 2. The lowest BCUT2D eigenvalue weighted by molar-refractivity contribution is 0.0752. The Morgan fingerprint density at radius 1 is 1.09 bits per heavy atom. The third kappa shape index (κ3) is 3.38. The lowest BCUT2D eigenvalue weighted by Crippen LogP contribution is -2.30. The Labute approximate surface area is 144 Å². The highest BCUT2D eigenvalue weighted by Gasteiger charge is 2.18. The average Bonchev–Trinajstić information content (AvgIpc) is 3.02. The molecule has 120 valence electrons. The number of benzene rings is 2. The molecule has 1 aliphatic heterocycles. The van der Waals surface area contributed by atoms with Gasteiger partial charge < -0.3 is 14.4 Å². The summed E-state index contributed by atoms with van der Waals surface area (Å²) in [6.45, 7) is 3.22. The van der Waals surface area contributed by atoms with Crippen molar-refractivity contribution in [2.24, 2.45) is 0 Å². The van der Waals surface area contributed by atoms with E-state index in [0.29, 0.717) is 34.4 Å². The molecule has 0 fully saturated rings. The molecule has 0 saturated carbocycles. The van der Waals surface area contributed by atoms with E-state index < -0.39 is 0 Å². The van der Waals surface area contributed by atoms with Gasteiger partial charge in [-0.15, -0.1) is 0 Å². The zero-order chi connectivity index (χ0) is 16.4. The molecule has 2 aromatic carbocycles. The van der Waals surface area contributed by atoms with Gasteiger partial charge >= 0.3 is 0 Å². The molecular formula is C17H15Cl2NO3. The fraction of sp³-hybridized carbons (Fsp3) is 0.235. The topological polar surface area (TPSA) is 38.8 Å². The number of carbonyl (C=O) groups is 1. The van der Waals surface area contributed by atoms with E-state index in [-0.39, 0.29) is 12.7 Å². The molecule has 0 aromatic heterocycles. The van der Waals surface area contributed by atoms with E-state index in [4.69, 9.17) is 32.7 Å². The zero-order valence-corrected chi connectivity index (χ0v) is 14.0. The minimum absolute atomic E-state index is 0.0938. The molecule has 0 aliphatic carbocycles.